The summed E-state index contributed by atoms with van der Waals surface area (Å²) in [4.78, 5) is 0.930. The van der Waals surface area contributed by atoms with E-state index < -0.39 is 0 Å². The zero-order chi connectivity index (χ0) is 14.9. The summed E-state index contributed by atoms with van der Waals surface area (Å²) in [5.41, 5.74) is 3.30. The maximum Gasteiger partial charge on any atom is 0.217 e. The van der Waals surface area contributed by atoms with E-state index in [0.717, 1.165) is 27.0 Å². The Morgan fingerprint density at radius 2 is 1.77 bits per heavy atom. The molecule has 2 aromatic carbocycles. The maximum atomic E-state index is 9.08. The highest BCUT2D eigenvalue weighted by Crippen LogP contribution is 2.30. The quantitative estimate of drug-likeness (QED) is 0.580. The number of hydrogen-bond acceptors (Lipinski definition) is 5. The van der Waals surface area contributed by atoms with Crippen molar-refractivity contribution in [2.45, 2.75) is 17.5 Å². The van der Waals surface area contributed by atoms with Gasteiger partial charge in [0, 0.05) is 5.75 Å². The van der Waals surface area contributed by atoms with Gasteiger partial charge in [0.2, 0.25) is 4.96 Å². The molecule has 0 spiro atoms. The third kappa shape index (κ3) is 2.39. The van der Waals surface area contributed by atoms with E-state index >= 15 is 0 Å². The summed E-state index contributed by atoms with van der Waals surface area (Å²) >= 11 is 3.33. The van der Waals surface area contributed by atoms with Gasteiger partial charge in [0.15, 0.2) is 5.16 Å². The minimum absolute atomic E-state index is 0.0825. The summed E-state index contributed by atoms with van der Waals surface area (Å²) in [5, 5.41) is 18.6. The molecule has 22 heavy (non-hydrogen) atoms. The monoisotopic (exact) mass is 327 g/mol. The molecule has 0 aliphatic heterocycles. The molecule has 0 bridgehead atoms. The number of aliphatic hydroxyl groups is 1. The molecule has 2 heterocycles. The number of benzene rings is 2. The Balaban J connectivity index is 1.63. The van der Waals surface area contributed by atoms with Crippen LogP contribution in [0.15, 0.2) is 53.7 Å². The summed E-state index contributed by atoms with van der Waals surface area (Å²) in [7, 11) is 0. The molecule has 0 amide bonds. The minimum Gasteiger partial charge on any atom is -0.392 e. The molecule has 0 aliphatic rings. The highest BCUT2D eigenvalue weighted by atomic mass is 32.2. The van der Waals surface area contributed by atoms with Gasteiger partial charge >= 0.3 is 0 Å². The molecular formula is C16H13N3OS2. The Kier molecular flexibility index (Phi) is 3.57. The lowest BCUT2D eigenvalue weighted by Crippen LogP contribution is -1.88. The van der Waals surface area contributed by atoms with Crippen molar-refractivity contribution >= 4 is 38.3 Å². The predicted molar refractivity (Wildman–Crippen MR) is 90.3 cm³/mol. The number of para-hydroxylation sites is 1. The van der Waals surface area contributed by atoms with Crippen LogP contribution in [-0.4, -0.2) is 19.7 Å². The van der Waals surface area contributed by atoms with E-state index in [2.05, 4.69) is 26.7 Å². The van der Waals surface area contributed by atoms with Gasteiger partial charge in [-0.05, 0) is 23.3 Å². The molecule has 0 saturated carbocycles. The van der Waals surface area contributed by atoms with Gasteiger partial charge in [-0.1, -0.05) is 59.5 Å². The fourth-order valence-corrected chi connectivity index (χ4v) is 4.26. The smallest absolute Gasteiger partial charge is 0.217 e. The lowest BCUT2D eigenvalue weighted by molar-refractivity contribution is 0.282. The Morgan fingerprint density at radius 3 is 2.59 bits per heavy atom. The summed E-state index contributed by atoms with van der Waals surface area (Å²) in [6.07, 6.45) is 0. The molecule has 6 heteroatoms. The summed E-state index contributed by atoms with van der Waals surface area (Å²) < 4.78 is 3.34. The van der Waals surface area contributed by atoms with Crippen molar-refractivity contribution in [1.82, 2.24) is 14.6 Å². The van der Waals surface area contributed by atoms with Crippen molar-refractivity contribution in [2.75, 3.05) is 0 Å². The number of aromatic nitrogens is 3. The lowest BCUT2D eigenvalue weighted by Gasteiger charge is -2.02. The molecule has 0 fully saturated rings. The molecule has 4 aromatic rings. The third-order valence-corrected chi connectivity index (χ3v) is 5.50. The normalized spacial score (nSPS) is 11.5. The van der Waals surface area contributed by atoms with Crippen molar-refractivity contribution in [3.8, 4) is 0 Å². The lowest BCUT2D eigenvalue weighted by atomic mass is 10.2. The van der Waals surface area contributed by atoms with Gasteiger partial charge in [0.25, 0.3) is 0 Å². The first-order valence-electron chi connectivity index (χ1n) is 6.89. The Bertz CT molecular complexity index is 928. The van der Waals surface area contributed by atoms with E-state index in [-0.39, 0.29) is 6.61 Å². The van der Waals surface area contributed by atoms with Crippen LogP contribution < -0.4 is 0 Å². The van der Waals surface area contributed by atoms with Gasteiger partial charge in [0.05, 0.1) is 16.8 Å². The Hall–Kier alpha value is -1.89. The first kappa shape index (κ1) is 13.8. The standard InChI is InChI=1S/C16H13N3OS2/c20-9-11-5-7-12(8-6-11)10-21-15-17-18-16-19(15)13-3-1-2-4-14(13)22-16/h1-8,20H,9-10H2. The number of fused-ring (bicyclic) bond motifs is 3. The van der Waals surface area contributed by atoms with Crippen molar-refractivity contribution in [3.63, 3.8) is 0 Å². The number of aliphatic hydroxyl groups excluding tert-OH is 1. The SMILES string of the molecule is OCc1ccc(CSc2nnc3sc4ccccc4n23)cc1. The second-order valence-corrected chi connectivity index (χ2v) is 6.89. The van der Waals surface area contributed by atoms with Gasteiger partial charge in [-0.15, -0.1) is 10.2 Å². The van der Waals surface area contributed by atoms with E-state index in [9.17, 15) is 0 Å². The van der Waals surface area contributed by atoms with Crippen molar-refractivity contribution in [2.24, 2.45) is 0 Å². The number of nitrogens with zero attached hydrogens (tertiary/aromatic N) is 3. The topological polar surface area (TPSA) is 50.4 Å². The molecule has 1 N–H and O–H groups in total. The summed E-state index contributed by atoms with van der Waals surface area (Å²) in [5.74, 6) is 0.830. The highest BCUT2D eigenvalue weighted by molar-refractivity contribution is 7.98. The van der Waals surface area contributed by atoms with E-state index in [1.165, 1.54) is 10.3 Å². The predicted octanol–water partition coefficient (Wildman–Crippen LogP) is 3.73. The molecule has 0 saturated heterocycles. The summed E-state index contributed by atoms with van der Waals surface area (Å²) in [6.45, 7) is 0.0825. The first-order valence-corrected chi connectivity index (χ1v) is 8.69. The fraction of sp³-hybridized carbons (Fsp3) is 0.125. The van der Waals surface area contributed by atoms with Crippen LogP contribution in [0.1, 0.15) is 11.1 Å². The zero-order valence-corrected chi connectivity index (χ0v) is 13.3. The number of rotatable bonds is 4. The largest absolute Gasteiger partial charge is 0.392 e. The fourth-order valence-electron chi connectivity index (χ4n) is 2.34. The average Bonchev–Trinajstić information content (AvgIpc) is 3.12. The van der Waals surface area contributed by atoms with E-state index in [4.69, 9.17) is 5.11 Å². The van der Waals surface area contributed by atoms with Crippen LogP contribution in [0.3, 0.4) is 0 Å². The van der Waals surface area contributed by atoms with E-state index in [0.29, 0.717) is 0 Å². The van der Waals surface area contributed by atoms with Crippen molar-refractivity contribution in [3.05, 3.63) is 59.7 Å². The zero-order valence-electron chi connectivity index (χ0n) is 11.6. The number of hydrogen-bond donors (Lipinski definition) is 1. The van der Waals surface area contributed by atoms with Crippen LogP contribution in [0, 0.1) is 0 Å². The van der Waals surface area contributed by atoms with Gasteiger partial charge in [0.1, 0.15) is 0 Å². The molecular weight excluding hydrogens is 314 g/mol. The van der Waals surface area contributed by atoms with E-state index in [1.807, 2.05) is 36.4 Å². The van der Waals surface area contributed by atoms with Crippen molar-refractivity contribution in [1.29, 1.82) is 0 Å². The van der Waals surface area contributed by atoms with Crippen LogP contribution in [-0.2, 0) is 12.4 Å². The van der Waals surface area contributed by atoms with Crippen molar-refractivity contribution < 1.29 is 5.11 Å². The van der Waals surface area contributed by atoms with Gasteiger partial charge < -0.3 is 5.11 Å². The second kappa shape index (κ2) is 5.72. The molecule has 2 aromatic heterocycles. The molecule has 0 atom stereocenters. The Morgan fingerprint density at radius 1 is 1.00 bits per heavy atom. The number of thiazole rings is 1. The van der Waals surface area contributed by atoms with Crippen LogP contribution >= 0.6 is 23.1 Å². The maximum absolute atomic E-state index is 9.08. The molecule has 0 aliphatic carbocycles. The second-order valence-electron chi connectivity index (χ2n) is 4.93. The van der Waals surface area contributed by atoms with Gasteiger partial charge in [-0.2, -0.15) is 0 Å². The minimum atomic E-state index is 0.0825. The molecule has 0 radical (unpaired) electrons. The van der Waals surface area contributed by atoms with Crippen LogP contribution in [0.25, 0.3) is 15.2 Å². The molecule has 4 nitrogen and oxygen atoms in total. The molecule has 110 valence electrons. The molecule has 4 rings (SSSR count). The Labute approximate surface area is 135 Å². The average molecular weight is 327 g/mol. The first-order chi connectivity index (χ1) is 10.8. The molecule has 0 unspecified atom stereocenters. The van der Waals surface area contributed by atoms with Gasteiger partial charge in [-0.25, -0.2) is 0 Å². The number of thioether (sulfide) groups is 1. The van der Waals surface area contributed by atoms with Gasteiger partial charge in [-0.3, -0.25) is 4.40 Å². The van der Waals surface area contributed by atoms with E-state index in [1.54, 1.807) is 23.1 Å². The van der Waals surface area contributed by atoms with Crippen LogP contribution in [0.2, 0.25) is 0 Å². The third-order valence-electron chi connectivity index (χ3n) is 3.48. The van der Waals surface area contributed by atoms with Crippen LogP contribution in [0.5, 0.6) is 0 Å². The highest BCUT2D eigenvalue weighted by Gasteiger charge is 2.12. The summed E-state index contributed by atoms with van der Waals surface area (Å²) in [6, 6.07) is 16.3. The van der Waals surface area contributed by atoms with Crippen LogP contribution in [0.4, 0.5) is 0 Å².